The van der Waals surface area contributed by atoms with Crippen molar-refractivity contribution in [1.29, 1.82) is 0 Å². The van der Waals surface area contributed by atoms with Crippen molar-refractivity contribution in [2.75, 3.05) is 44.2 Å². The van der Waals surface area contributed by atoms with E-state index in [2.05, 4.69) is 34.6 Å². The van der Waals surface area contributed by atoms with Crippen LogP contribution in [0.25, 0.3) is 0 Å². The van der Waals surface area contributed by atoms with Crippen molar-refractivity contribution in [2.45, 2.75) is 6.10 Å². The Bertz CT molecular complexity index is 716. The zero-order valence-corrected chi connectivity index (χ0v) is 15.3. The summed E-state index contributed by atoms with van der Waals surface area (Å²) in [5.41, 5.74) is 3.80. The van der Waals surface area contributed by atoms with E-state index < -0.39 is 6.10 Å². The number of rotatable bonds is 7. The molecule has 0 spiro atoms. The Balaban J connectivity index is 1.40. The molecule has 0 unspecified atom stereocenters. The molecule has 7 nitrogen and oxygen atoms in total. The number of hydrazine groups is 1. The summed E-state index contributed by atoms with van der Waals surface area (Å²) in [4.78, 5) is 15.2. The van der Waals surface area contributed by atoms with E-state index in [1.165, 1.54) is 10.6 Å². The number of aliphatic hydroxyl groups excluding tert-OH is 1. The Morgan fingerprint density at radius 2 is 1.81 bits per heavy atom. The standard InChI is InChI=1S/C20H26N4O3/c21-22-20(26)16-6-8-19(9-7-16)27-15-18(25)14-23-10-12-24(13-11-23)17-4-2-1-3-5-17/h1-9,18,25H,10-15,21H2,(H,22,26)/p+1/t18-/m1/s1. The zero-order valence-electron chi connectivity index (χ0n) is 15.3. The van der Waals surface area contributed by atoms with Gasteiger partial charge in [0.2, 0.25) is 0 Å². The number of nitrogens with zero attached hydrogens (tertiary/aromatic N) is 1. The molecule has 144 valence electrons. The molecule has 3 rings (SSSR count). The van der Waals surface area contributed by atoms with Crippen LogP contribution in [0.2, 0.25) is 0 Å². The third-order valence-electron chi connectivity index (χ3n) is 4.81. The molecule has 27 heavy (non-hydrogen) atoms. The number of aliphatic hydroxyl groups is 1. The van der Waals surface area contributed by atoms with Crippen molar-refractivity contribution in [2.24, 2.45) is 5.84 Å². The maximum absolute atomic E-state index is 11.4. The molecular weight excluding hydrogens is 344 g/mol. The summed E-state index contributed by atoms with van der Waals surface area (Å²) in [6.07, 6.45) is -0.532. The van der Waals surface area contributed by atoms with Gasteiger partial charge in [-0.15, -0.1) is 0 Å². The van der Waals surface area contributed by atoms with E-state index in [1.54, 1.807) is 24.3 Å². The van der Waals surface area contributed by atoms with Crippen LogP contribution in [0.4, 0.5) is 5.69 Å². The van der Waals surface area contributed by atoms with Gasteiger partial charge in [0.1, 0.15) is 25.0 Å². The number of amides is 1. The number of nitrogen functional groups attached to an aromatic ring is 1. The first-order chi connectivity index (χ1) is 13.2. The third kappa shape index (κ3) is 5.43. The molecule has 1 atom stereocenters. The van der Waals surface area contributed by atoms with Gasteiger partial charge in [0.25, 0.3) is 5.91 Å². The first kappa shape index (κ1) is 19.2. The number of nitrogens with one attached hydrogen (secondary N) is 2. The van der Waals surface area contributed by atoms with Crippen molar-refractivity contribution < 1.29 is 19.5 Å². The van der Waals surface area contributed by atoms with Gasteiger partial charge in [-0.3, -0.25) is 10.2 Å². The van der Waals surface area contributed by atoms with E-state index in [4.69, 9.17) is 10.6 Å². The highest BCUT2D eigenvalue weighted by Crippen LogP contribution is 2.13. The number of benzene rings is 2. The van der Waals surface area contributed by atoms with Crippen molar-refractivity contribution in [3.05, 3.63) is 60.2 Å². The van der Waals surface area contributed by atoms with Crippen molar-refractivity contribution >= 4 is 11.6 Å². The number of carbonyl (C=O) groups is 1. The summed E-state index contributed by atoms with van der Waals surface area (Å²) >= 11 is 0. The summed E-state index contributed by atoms with van der Waals surface area (Å²) in [6.45, 7) is 4.85. The van der Waals surface area contributed by atoms with Gasteiger partial charge in [0.15, 0.2) is 0 Å². The Morgan fingerprint density at radius 1 is 1.15 bits per heavy atom. The molecule has 0 aromatic heterocycles. The molecule has 0 bridgehead atoms. The summed E-state index contributed by atoms with van der Waals surface area (Å²) < 4.78 is 5.63. The monoisotopic (exact) mass is 371 g/mol. The van der Waals surface area contributed by atoms with Crippen molar-refractivity contribution in [1.82, 2.24) is 5.43 Å². The zero-order chi connectivity index (χ0) is 19.1. The maximum atomic E-state index is 11.4. The van der Waals surface area contributed by atoms with Gasteiger partial charge in [0, 0.05) is 11.3 Å². The van der Waals surface area contributed by atoms with E-state index in [0.717, 1.165) is 26.2 Å². The summed E-state index contributed by atoms with van der Waals surface area (Å²) in [5.74, 6) is 5.37. The molecular formula is C20H27N4O3+. The van der Waals surface area contributed by atoms with Gasteiger partial charge >= 0.3 is 0 Å². The van der Waals surface area contributed by atoms with Crippen LogP contribution < -0.4 is 25.8 Å². The van der Waals surface area contributed by atoms with Gasteiger partial charge in [-0.25, -0.2) is 5.84 Å². The third-order valence-corrected chi connectivity index (χ3v) is 4.81. The van der Waals surface area contributed by atoms with Crippen LogP contribution in [-0.4, -0.2) is 56.4 Å². The van der Waals surface area contributed by atoms with E-state index >= 15 is 0 Å². The normalized spacial score (nSPS) is 16.0. The predicted octanol–water partition coefficient (Wildman–Crippen LogP) is -0.565. The molecule has 5 N–H and O–H groups in total. The number of carbonyl (C=O) groups excluding carboxylic acids is 1. The minimum Gasteiger partial charge on any atom is -0.491 e. The number of piperazine rings is 1. The van der Waals surface area contributed by atoms with Gasteiger partial charge in [0.05, 0.1) is 26.2 Å². The van der Waals surface area contributed by atoms with Crippen LogP contribution in [0.5, 0.6) is 5.75 Å². The minimum atomic E-state index is -0.532. The second-order valence-corrected chi connectivity index (χ2v) is 6.74. The smallest absolute Gasteiger partial charge is 0.265 e. The largest absolute Gasteiger partial charge is 0.491 e. The van der Waals surface area contributed by atoms with Crippen LogP contribution in [0.15, 0.2) is 54.6 Å². The average Bonchev–Trinajstić information content (AvgIpc) is 2.73. The lowest BCUT2D eigenvalue weighted by atomic mass is 10.2. The lowest BCUT2D eigenvalue weighted by Crippen LogP contribution is -3.16. The highest BCUT2D eigenvalue weighted by Gasteiger charge is 2.22. The predicted molar refractivity (Wildman–Crippen MR) is 104 cm³/mol. The molecule has 1 amide bonds. The number of hydrogen-bond donors (Lipinski definition) is 4. The number of nitrogens with two attached hydrogens (primary N) is 1. The van der Waals surface area contributed by atoms with E-state index in [0.29, 0.717) is 17.9 Å². The fraction of sp³-hybridized carbons (Fsp3) is 0.350. The fourth-order valence-electron chi connectivity index (χ4n) is 3.29. The first-order valence-corrected chi connectivity index (χ1v) is 9.21. The molecule has 1 aliphatic rings. The van der Waals surface area contributed by atoms with Crippen LogP contribution in [0.3, 0.4) is 0 Å². The van der Waals surface area contributed by atoms with Gasteiger partial charge in [-0.2, -0.15) is 0 Å². The number of ether oxygens (including phenoxy) is 1. The highest BCUT2D eigenvalue weighted by atomic mass is 16.5. The molecule has 0 radical (unpaired) electrons. The number of anilines is 1. The molecule has 1 heterocycles. The molecule has 1 fully saturated rings. The second kappa shape index (κ2) is 9.36. The van der Waals surface area contributed by atoms with Crippen LogP contribution >= 0.6 is 0 Å². The van der Waals surface area contributed by atoms with Crippen molar-refractivity contribution in [3.8, 4) is 5.75 Å². The molecule has 7 heteroatoms. The molecule has 1 saturated heterocycles. The summed E-state index contributed by atoms with van der Waals surface area (Å²) in [5, 5.41) is 10.3. The van der Waals surface area contributed by atoms with Gasteiger partial charge in [-0.1, -0.05) is 18.2 Å². The first-order valence-electron chi connectivity index (χ1n) is 9.21. The SMILES string of the molecule is NNC(=O)c1ccc(OC[C@H](O)C[NH+]2CCN(c3ccccc3)CC2)cc1. The molecule has 2 aromatic rings. The Kier molecular flexibility index (Phi) is 6.64. The van der Waals surface area contributed by atoms with Crippen molar-refractivity contribution in [3.63, 3.8) is 0 Å². The molecule has 2 aromatic carbocycles. The Morgan fingerprint density at radius 3 is 2.44 bits per heavy atom. The second-order valence-electron chi connectivity index (χ2n) is 6.74. The molecule has 1 aliphatic heterocycles. The van der Waals surface area contributed by atoms with Gasteiger partial charge < -0.3 is 19.6 Å². The van der Waals surface area contributed by atoms with E-state index in [1.807, 2.05) is 6.07 Å². The maximum Gasteiger partial charge on any atom is 0.265 e. The van der Waals surface area contributed by atoms with E-state index in [9.17, 15) is 9.90 Å². The lowest BCUT2D eigenvalue weighted by molar-refractivity contribution is -0.903. The molecule has 0 aliphatic carbocycles. The molecule has 0 saturated carbocycles. The van der Waals surface area contributed by atoms with Crippen LogP contribution in [0, 0.1) is 0 Å². The fourth-order valence-corrected chi connectivity index (χ4v) is 3.29. The number of quaternary nitrogens is 1. The minimum absolute atomic E-state index is 0.230. The number of hydrogen-bond acceptors (Lipinski definition) is 5. The van der Waals surface area contributed by atoms with Crippen LogP contribution in [0.1, 0.15) is 10.4 Å². The number of para-hydroxylation sites is 1. The topological polar surface area (TPSA) is 92.3 Å². The van der Waals surface area contributed by atoms with E-state index in [-0.39, 0.29) is 12.5 Å². The summed E-state index contributed by atoms with van der Waals surface area (Å²) in [6, 6.07) is 17.1. The summed E-state index contributed by atoms with van der Waals surface area (Å²) in [7, 11) is 0. The highest BCUT2D eigenvalue weighted by molar-refractivity contribution is 5.93. The van der Waals surface area contributed by atoms with Crippen LogP contribution in [-0.2, 0) is 0 Å². The quantitative estimate of drug-likeness (QED) is 0.297. The van der Waals surface area contributed by atoms with Gasteiger partial charge in [-0.05, 0) is 36.4 Å². The Hall–Kier alpha value is -2.61. The lowest BCUT2D eigenvalue weighted by Gasteiger charge is -2.34. The Labute approximate surface area is 159 Å². The average molecular weight is 371 g/mol.